The number of hydrogen-bond acceptors (Lipinski definition) is 5. The largest absolute Gasteiger partial charge is 0.500 e. The van der Waals surface area contributed by atoms with Gasteiger partial charge in [-0.2, -0.15) is 0 Å². The first-order valence-corrected chi connectivity index (χ1v) is 10.1. The molecule has 0 saturated carbocycles. The van der Waals surface area contributed by atoms with Gasteiger partial charge in [-0.15, -0.1) is 0 Å². The fourth-order valence-corrected chi connectivity index (χ4v) is 4.30. The molecule has 0 aliphatic carbocycles. The highest BCUT2D eigenvalue weighted by Gasteiger charge is 2.36. The van der Waals surface area contributed by atoms with E-state index in [-0.39, 0.29) is 0 Å². The van der Waals surface area contributed by atoms with Gasteiger partial charge in [0.05, 0.1) is 6.61 Å². The van der Waals surface area contributed by atoms with Crippen LogP contribution >= 0.6 is 0 Å². The van der Waals surface area contributed by atoms with Crippen molar-refractivity contribution >= 4 is 8.80 Å². The predicted octanol–water partition coefficient (Wildman–Crippen LogP) is 3.06. The molecule has 5 nitrogen and oxygen atoms in total. The maximum Gasteiger partial charge on any atom is 0.500 e. The summed E-state index contributed by atoms with van der Waals surface area (Å²) in [5.74, 6) is 0.917. The van der Waals surface area contributed by atoms with Crippen molar-refractivity contribution < 1.29 is 22.8 Å². The Morgan fingerprint density at radius 1 is 1.00 bits per heavy atom. The summed E-state index contributed by atoms with van der Waals surface area (Å²) in [5.41, 5.74) is 1.34. The lowest BCUT2D eigenvalue weighted by Crippen LogP contribution is -2.42. The maximum absolute atomic E-state index is 5.64. The van der Waals surface area contributed by atoms with Crippen LogP contribution < -0.4 is 4.74 Å². The number of epoxide rings is 1. The Kier molecular flexibility index (Phi) is 7.52. The van der Waals surface area contributed by atoms with Gasteiger partial charge in [0.25, 0.3) is 0 Å². The molecule has 1 heterocycles. The number of ether oxygens (including phenoxy) is 2. The van der Waals surface area contributed by atoms with Gasteiger partial charge in [0, 0.05) is 27.4 Å². The molecule has 2 rings (SSSR count). The molecule has 1 aliphatic heterocycles. The molecule has 1 atom stereocenters. The third-order valence-electron chi connectivity index (χ3n) is 4.14. The Morgan fingerprint density at radius 3 is 2.22 bits per heavy atom. The van der Waals surface area contributed by atoms with Gasteiger partial charge in [-0.05, 0) is 37.0 Å². The van der Waals surface area contributed by atoms with Crippen molar-refractivity contribution in [2.45, 2.75) is 37.8 Å². The van der Waals surface area contributed by atoms with Gasteiger partial charge in [0.2, 0.25) is 0 Å². The van der Waals surface area contributed by atoms with E-state index in [2.05, 4.69) is 12.1 Å². The van der Waals surface area contributed by atoms with Crippen molar-refractivity contribution in [3.05, 3.63) is 29.8 Å². The summed E-state index contributed by atoms with van der Waals surface area (Å²) in [6.45, 7) is 1.49. The molecular formula is C17H28O5Si. The van der Waals surface area contributed by atoms with Crippen molar-refractivity contribution in [1.82, 2.24) is 0 Å². The highest BCUT2D eigenvalue weighted by Crippen LogP contribution is 2.19. The molecule has 1 unspecified atom stereocenters. The van der Waals surface area contributed by atoms with Gasteiger partial charge in [-0.1, -0.05) is 18.6 Å². The molecule has 1 saturated heterocycles. The average Bonchev–Trinajstić information content (AvgIpc) is 3.42. The summed E-state index contributed by atoms with van der Waals surface area (Å²) in [5, 5.41) is 0. The minimum absolute atomic E-state index is 0.302. The first-order chi connectivity index (χ1) is 11.2. The summed E-state index contributed by atoms with van der Waals surface area (Å²) in [6.07, 6.45) is 4.73. The van der Waals surface area contributed by atoms with Gasteiger partial charge >= 0.3 is 8.80 Å². The van der Waals surface area contributed by atoms with E-state index in [1.165, 1.54) is 5.56 Å². The normalized spacial score (nSPS) is 17.3. The second kappa shape index (κ2) is 9.39. The zero-order chi connectivity index (χ0) is 16.5. The zero-order valence-corrected chi connectivity index (χ0v) is 15.4. The predicted molar refractivity (Wildman–Crippen MR) is 90.8 cm³/mol. The first kappa shape index (κ1) is 18.4. The Bertz CT molecular complexity index is 435. The van der Waals surface area contributed by atoms with Crippen LogP contribution in [-0.4, -0.2) is 49.5 Å². The van der Waals surface area contributed by atoms with E-state index >= 15 is 0 Å². The van der Waals surface area contributed by atoms with Crippen LogP contribution in [0.4, 0.5) is 0 Å². The van der Waals surface area contributed by atoms with Crippen LogP contribution in [0.25, 0.3) is 0 Å². The third kappa shape index (κ3) is 6.23. The second-order valence-electron chi connectivity index (χ2n) is 5.77. The van der Waals surface area contributed by atoms with Crippen molar-refractivity contribution in [3.8, 4) is 5.75 Å². The van der Waals surface area contributed by atoms with Gasteiger partial charge in [-0.3, -0.25) is 0 Å². The molecular weight excluding hydrogens is 312 g/mol. The Morgan fingerprint density at radius 2 is 1.65 bits per heavy atom. The van der Waals surface area contributed by atoms with Crippen molar-refractivity contribution in [2.24, 2.45) is 0 Å². The van der Waals surface area contributed by atoms with Crippen LogP contribution in [0.2, 0.25) is 6.04 Å². The Hall–Kier alpha value is -0.923. The van der Waals surface area contributed by atoms with Crippen LogP contribution in [0.1, 0.15) is 24.8 Å². The Labute approximate surface area is 140 Å². The van der Waals surface area contributed by atoms with Crippen LogP contribution in [0, 0.1) is 0 Å². The molecule has 1 aromatic rings. The minimum Gasteiger partial charge on any atom is -0.491 e. The fraction of sp³-hybridized carbons (Fsp3) is 0.647. The Balaban J connectivity index is 1.61. The summed E-state index contributed by atoms with van der Waals surface area (Å²) < 4.78 is 27.1. The minimum atomic E-state index is -2.39. The lowest BCUT2D eigenvalue weighted by atomic mass is 10.1. The number of hydrogen-bond donors (Lipinski definition) is 0. The smallest absolute Gasteiger partial charge is 0.491 e. The van der Waals surface area contributed by atoms with E-state index in [4.69, 9.17) is 22.8 Å². The highest BCUT2D eigenvalue weighted by atomic mass is 28.4. The van der Waals surface area contributed by atoms with E-state index in [1.807, 2.05) is 12.1 Å². The molecule has 0 aromatic heterocycles. The second-order valence-corrected chi connectivity index (χ2v) is 8.86. The van der Waals surface area contributed by atoms with Crippen molar-refractivity contribution in [2.75, 3.05) is 34.5 Å². The van der Waals surface area contributed by atoms with Gasteiger partial charge < -0.3 is 22.8 Å². The van der Waals surface area contributed by atoms with Crippen LogP contribution in [-0.2, 0) is 24.4 Å². The van der Waals surface area contributed by atoms with E-state index < -0.39 is 8.80 Å². The lowest BCUT2D eigenvalue weighted by molar-refractivity contribution is 0.122. The summed E-state index contributed by atoms with van der Waals surface area (Å²) >= 11 is 0. The lowest BCUT2D eigenvalue weighted by Gasteiger charge is -2.24. The molecule has 1 aliphatic rings. The van der Waals surface area contributed by atoms with Crippen LogP contribution in [0.3, 0.4) is 0 Å². The molecule has 1 aromatic carbocycles. The molecule has 0 radical (unpaired) electrons. The van der Waals surface area contributed by atoms with E-state index in [0.29, 0.717) is 12.7 Å². The van der Waals surface area contributed by atoms with Crippen LogP contribution in [0.15, 0.2) is 24.3 Å². The summed E-state index contributed by atoms with van der Waals surface area (Å²) in [6, 6.07) is 9.22. The number of benzene rings is 1. The monoisotopic (exact) mass is 340 g/mol. The molecule has 6 heteroatoms. The molecule has 1 fully saturated rings. The van der Waals surface area contributed by atoms with E-state index in [1.54, 1.807) is 21.3 Å². The topological polar surface area (TPSA) is 49.5 Å². The molecule has 0 amide bonds. The standard InChI is InChI=1S/C17H28O5Si/c1-18-23(19-2,20-3)12-6-4-5-7-15-8-10-16(11-9-15)21-13-17-14-22-17/h8-11,17H,4-7,12-14H2,1-3H3. The number of rotatable bonds is 12. The zero-order valence-electron chi connectivity index (χ0n) is 14.4. The van der Waals surface area contributed by atoms with E-state index in [0.717, 1.165) is 44.1 Å². The summed E-state index contributed by atoms with van der Waals surface area (Å²) in [4.78, 5) is 0. The summed E-state index contributed by atoms with van der Waals surface area (Å²) in [7, 11) is 2.60. The molecule has 0 bridgehead atoms. The van der Waals surface area contributed by atoms with Crippen molar-refractivity contribution in [3.63, 3.8) is 0 Å². The average molecular weight is 340 g/mol. The van der Waals surface area contributed by atoms with Gasteiger partial charge in [0.1, 0.15) is 18.5 Å². The number of aryl methyl sites for hydroxylation is 1. The quantitative estimate of drug-likeness (QED) is 0.332. The van der Waals surface area contributed by atoms with Crippen molar-refractivity contribution in [1.29, 1.82) is 0 Å². The van der Waals surface area contributed by atoms with Gasteiger partial charge in [0.15, 0.2) is 0 Å². The van der Waals surface area contributed by atoms with E-state index in [9.17, 15) is 0 Å². The van der Waals surface area contributed by atoms with Crippen LogP contribution in [0.5, 0.6) is 5.75 Å². The molecule has 23 heavy (non-hydrogen) atoms. The maximum atomic E-state index is 5.64. The SMILES string of the molecule is CO[Si](CCCCCc1ccc(OCC2CO2)cc1)(OC)OC. The fourth-order valence-electron chi connectivity index (χ4n) is 2.51. The molecule has 0 spiro atoms. The molecule has 130 valence electrons. The molecule has 0 N–H and O–H groups in total. The third-order valence-corrected chi connectivity index (χ3v) is 6.97. The van der Waals surface area contributed by atoms with Gasteiger partial charge in [-0.25, -0.2) is 0 Å². The number of unbranched alkanes of at least 4 members (excludes halogenated alkanes) is 2. The first-order valence-electron chi connectivity index (χ1n) is 8.20. The highest BCUT2D eigenvalue weighted by molar-refractivity contribution is 6.60.